The van der Waals surface area contributed by atoms with Crippen molar-refractivity contribution in [1.29, 1.82) is 5.26 Å². The van der Waals surface area contributed by atoms with E-state index in [9.17, 15) is 18.0 Å². The lowest BCUT2D eigenvalue weighted by Crippen LogP contribution is -2.26. The molecule has 1 fully saturated rings. The van der Waals surface area contributed by atoms with Gasteiger partial charge in [-0.25, -0.2) is 0 Å². The average Bonchev–Trinajstić information content (AvgIpc) is 2.96. The van der Waals surface area contributed by atoms with Crippen molar-refractivity contribution < 1.29 is 18.0 Å². The Kier molecular flexibility index (Phi) is 5.19. The summed E-state index contributed by atoms with van der Waals surface area (Å²) in [5.41, 5.74) is 2.30. The first-order valence-corrected chi connectivity index (χ1v) is 8.40. The minimum absolute atomic E-state index is 0.0118. The van der Waals surface area contributed by atoms with Gasteiger partial charge in [0, 0.05) is 11.8 Å². The van der Waals surface area contributed by atoms with Crippen LogP contribution in [0.1, 0.15) is 5.56 Å². The van der Waals surface area contributed by atoms with Crippen LogP contribution in [0.4, 0.5) is 24.5 Å². The predicted molar refractivity (Wildman–Crippen MR) is 97.7 cm³/mol. The normalized spacial score (nSPS) is 17.4. The van der Waals surface area contributed by atoms with Gasteiger partial charge in [-0.1, -0.05) is 24.3 Å². The Morgan fingerprint density at radius 3 is 2.56 bits per heavy atom. The Bertz CT molecular complexity index is 965. The molecule has 5 nitrogen and oxygen atoms in total. The fraction of sp³-hybridized carbons (Fsp3) is 0.0556. The van der Waals surface area contributed by atoms with E-state index in [2.05, 4.69) is 10.5 Å². The molecule has 1 N–H and O–H groups in total. The Balaban J connectivity index is 1.87. The van der Waals surface area contributed by atoms with Crippen LogP contribution >= 0.6 is 11.8 Å². The zero-order valence-electron chi connectivity index (χ0n) is 13.6. The summed E-state index contributed by atoms with van der Waals surface area (Å²) in [5, 5.41) is 13.2. The first-order chi connectivity index (χ1) is 12.9. The molecule has 136 valence electrons. The molecular formula is C18H11F3N4OS. The number of nitriles is 1. The maximum absolute atomic E-state index is 12.8. The minimum Gasteiger partial charge on any atom is -0.277 e. The van der Waals surface area contributed by atoms with E-state index in [0.717, 1.165) is 23.9 Å². The number of carbonyl (C=O) groups excluding carboxylic acids is 1. The van der Waals surface area contributed by atoms with E-state index < -0.39 is 17.6 Å². The minimum atomic E-state index is -4.48. The summed E-state index contributed by atoms with van der Waals surface area (Å²) in [4.78, 5) is 14.0. The van der Waals surface area contributed by atoms with Crippen LogP contribution in [-0.2, 0) is 11.0 Å². The molecule has 0 aliphatic carbocycles. The highest BCUT2D eigenvalue weighted by molar-refractivity contribution is 8.20. The number of thioether (sulfide) groups is 1. The Labute approximate surface area is 156 Å². The molecule has 0 aromatic heterocycles. The molecule has 0 radical (unpaired) electrons. The highest BCUT2D eigenvalue weighted by Gasteiger charge is 2.35. The first kappa shape index (κ1) is 18.5. The molecule has 1 heterocycles. The largest absolute Gasteiger partial charge is 0.416 e. The molecule has 0 atom stereocenters. The number of nitrogens with zero attached hydrogens (tertiary/aromatic N) is 3. The van der Waals surface area contributed by atoms with Gasteiger partial charge in [0.1, 0.15) is 0 Å². The molecular weight excluding hydrogens is 377 g/mol. The SMILES string of the molecule is N#C/C=C1\S/C(=N/Nc2cccc(C(F)(F)F)c2)C(=O)N1c1ccccc1. The monoisotopic (exact) mass is 388 g/mol. The van der Waals surface area contributed by atoms with E-state index in [1.165, 1.54) is 23.1 Å². The van der Waals surface area contributed by atoms with E-state index >= 15 is 0 Å². The van der Waals surface area contributed by atoms with Gasteiger partial charge in [-0.2, -0.15) is 23.5 Å². The average molecular weight is 388 g/mol. The molecule has 2 aromatic rings. The van der Waals surface area contributed by atoms with Crippen LogP contribution in [0.25, 0.3) is 0 Å². The van der Waals surface area contributed by atoms with E-state index in [4.69, 9.17) is 5.26 Å². The molecule has 1 aliphatic rings. The summed E-state index contributed by atoms with van der Waals surface area (Å²) in [7, 11) is 0. The molecule has 1 amide bonds. The summed E-state index contributed by atoms with van der Waals surface area (Å²) in [5.74, 6) is -0.479. The predicted octanol–water partition coefficient (Wildman–Crippen LogP) is 4.58. The third-order valence-corrected chi connectivity index (χ3v) is 4.46. The number of alkyl halides is 3. The van der Waals surface area contributed by atoms with Gasteiger partial charge in [-0.05, 0) is 42.1 Å². The van der Waals surface area contributed by atoms with Crippen LogP contribution in [0.2, 0.25) is 0 Å². The van der Waals surface area contributed by atoms with E-state index in [0.29, 0.717) is 10.7 Å². The van der Waals surface area contributed by atoms with Crippen molar-refractivity contribution in [3.8, 4) is 6.07 Å². The van der Waals surface area contributed by atoms with Crippen LogP contribution in [0.15, 0.2) is 70.8 Å². The van der Waals surface area contributed by atoms with Crippen LogP contribution < -0.4 is 10.3 Å². The second-order valence-corrected chi connectivity index (χ2v) is 6.31. The summed E-state index contributed by atoms with van der Waals surface area (Å²) in [6, 6.07) is 15.0. The summed E-state index contributed by atoms with van der Waals surface area (Å²) < 4.78 is 38.3. The van der Waals surface area contributed by atoms with Gasteiger partial charge in [0.25, 0.3) is 5.91 Å². The molecule has 0 spiro atoms. The Hall–Kier alpha value is -3.25. The number of hydrazone groups is 1. The van der Waals surface area contributed by atoms with Crippen molar-refractivity contribution in [2.75, 3.05) is 10.3 Å². The van der Waals surface area contributed by atoms with Crippen LogP contribution in [0.5, 0.6) is 0 Å². The van der Waals surface area contributed by atoms with E-state index in [1.54, 1.807) is 30.3 Å². The number of anilines is 2. The topological polar surface area (TPSA) is 68.5 Å². The number of para-hydroxylation sites is 1. The number of allylic oxidation sites excluding steroid dienone is 1. The van der Waals surface area contributed by atoms with Crippen molar-refractivity contribution in [2.45, 2.75) is 6.18 Å². The highest BCUT2D eigenvalue weighted by atomic mass is 32.2. The summed E-state index contributed by atoms with van der Waals surface area (Å²) >= 11 is 0.956. The second-order valence-electron chi connectivity index (χ2n) is 5.30. The number of rotatable bonds is 3. The van der Waals surface area contributed by atoms with Crippen molar-refractivity contribution in [2.24, 2.45) is 5.10 Å². The van der Waals surface area contributed by atoms with Crippen LogP contribution in [0.3, 0.4) is 0 Å². The zero-order valence-corrected chi connectivity index (χ0v) is 14.4. The van der Waals surface area contributed by atoms with Crippen molar-refractivity contribution in [3.05, 3.63) is 71.3 Å². The van der Waals surface area contributed by atoms with Crippen molar-refractivity contribution >= 4 is 34.1 Å². The number of hydrogen-bond donors (Lipinski definition) is 1. The molecule has 9 heteroatoms. The lowest BCUT2D eigenvalue weighted by molar-refractivity contribution is -0.137. The number of carbonyl (C=O) groups is 1. The Morgan fingerprint density at radius 2 is 1.89 bits per heavy atom. The standard InChI is InChI=1S/C18H11F3N4OS/c19-18(20,21)12-5-4-6-13(11-12)23-24-16-17(26)25(15(27-16)9-10-22)14-7-2-1-3-8-14/h1-9,11,23H/b15-9-,24-16+. The van der Waals surface area contributed by atoms with Gasteiger partial charge in [-0.3, -0.25) is 15.1 Å². The number of hydrogen-bond acceptors (Lipinski definition) is 5. The lowest BCUT2D eigenvalue weighted by Gasteiger charge is -2.15. The quantitative estimate of drug-likeness (QED) is 0.618. The molecule has 0 unspecified atom stereocenters. The van der Waals surface area contributed by atoms with Gasteiger partial charge in [-0.15, -0.1) is 0 Å². The zero-order chi connectivity index (χ0) is 19.4. The van der Waals surface area contributed by atoms with E-state index in [1.807, 2.05) is 6.07 Å². The van der Waals surface area contributed by atoms with Gasteiger partial charge in [0.15, 0.2) is 5.04 Å². The number of nitrogens with one attached hydrogen (secondary N) is 1. The molecule has 0 bridgehead atoms. The fourth-order valence-corrected chi connectivity index (χ4v) is 3.17. The molecule has 1 saturated heterocycles. The second kappa shape index (κ2) is 7.55. The number of amides is 1. The molecule has 3 rings (SSSR count). The van der Waals surface area contributed by atoms with Crippen molar-refractivity contribution in [1.82, 2.24) is 0 Å². The van der Waals surface area contributed by atoms with Gasteiger partial charge >= 0.3 is 6.18 Å². The maximum atomic E-state index is 12.8. The lowest BCUT2D eigenvalue weighted by atomic mass is 10.2. The first-order valence-electron chi connectivity index (χ1n) is 7.58. The maximum Gasteiger partial charge on any atom is 0.416 e. The molecule has 0 saturated carbocycles. The van der Waals surface area contributed by atoms with Gasteiger partial charge in [0.05, 0.1) is 22.3 Å². The summed E-state index contributed by atoms with van der Waals surface area (Å²) in [6.07, 6.45) is -3.27. The smallest absolute Gasteiger partial charge is 0.277 e. The van der Waals surface area contributed by atoms with Crippen LogP contribution in [-0.4, -0.2) is 11.0 Å². The molecule has 27 heavy (non-hydrogen) atoms. The fourth-order valence-electron chi connectivity index (χ4n) is 2.31. The van der Waals surface area contributed by atoms with Gasteiger partial charge in [0.2, 0.25) is 0 Å². The highest BCUT2D eigenvalue weighted by Crippen LogP contribution is 2.36. The third-order valence-electron chi connectivity index (χ3n) is 3.49. The van der Waals surface area contributed by atoms with Gasteiger partial charge < -0.3 is 0 Å². The molecule has 1 aliphatic heterocycles. The van der Waals surface area contributed by atoms with Crippen molar-refractivity contribution in [3.63, 3.8) is 0 Å². The number of halogens is 3. The van der Waals surface area contributed by atoms with E-state index in [-0.39, 0.29) is 10.7 Å². The Morgan fingerprint density at radius 1 is 1.15 bits per heavy atom. The summed E-state index contributed by atoms with van der Waals surface area (Å²) in [6.45, 7) is 0. The number of benzene rings is 2. The molecule has 2 aromatic carbocycles. The van der Waals surface area contributed by atoms with Crippen LogP contribution in [0, 0.1) is 11.3 Å². The third kappa shape index (κ3) is 4.12.